The number of hydrogen-bond acceptors (Lipinski definition) is 1. The third kappa shape index (κ3) is 3.59. The first-order chi connectivity index (χ1) is 9.09. The van der Waals surface area contributed by atoms with Crippen LogP contribution in [0.15, 0.2) is 59.1 Å². The summed E-state index contributed by atoms with van der Waals surface area (Å²) in [5.74, 6) is -0.169. The maximum absolute atomic E-state index is 12.2. The fourth-order valence-corrected chi connectivity index (χ4v) is 2.51. The molecule has 0 N–H and O–H groups in total. The van der Waals surface area contributed by atoms with Gasteiger partial charge in [-0.3, -0.25) is 4.79 Å². The summed E-state index contributed by atoms with van der Waals surface area (Å²) in [6.07, 6.45) is 0. The van der Waals surface area contributed by atoms with Crippen molar-refractivity contribution in [3.8, 4) is 0 Å². The Morgan fingerprint density at radius 1 is 0.947 bits per heavy atom. The molecule has 0 saturated carbocycles. The number of ketones is 1. The van der Waals surface area contributed by atoms with Crippen LogP contribution in [0.5, 0.6) is 0 Å². The Kier molecular flexibility index (Phi) is 5.03. The average molecular weight is 358 g/mol. The zero-order valence-corrected chi connectivity index (χ0v) is 13.0. The third-order valence-corrected chi connectivity index (χ3v) is 4.37. The van der Waals surface area contributed by atoms with Crippen molar-refractivity contribution in [2.24, 2.45) is 0 Å². The molecular formula is C15H11BrCl2O. The van der Waals surface area contributed by atoms with Crippen molar-refractivity contribution >= 4 is 44.9 Å². The number of hydrogen-bond donors (Lipinski definition) is 0. The molecule has 19 heavy (non-hydrogen) atoms. The second kappa shape index (κ2) is 6.56. The minimum Gasteiger partial charge on any atom is -0.292 e. The highest BCUT2D eigenvalue weighted by Crippen LogP contribution is 2.30. The minimum absolute atomic E-state index is 0.169. The van der Waals surface area contributed by atoms with Gasteiger partial charge >= 0.3 is 0 Å². The zero-order valence-electron chi connectivity index (χ0n) is 9.89. The van der Waals surface area contributed by atoms with Crippen molar-refractivity contribution < 1.29 is 4.79 Å². The smallest absolute Gasteiger partial charge is 0.182 e. The highest BCUT2D eigenvalue weighted by Gasteiger charge is 2.26. The topological polar surface area (TPSA) is 17.1 Å². The van der Waals surface area contributed by atoms with Crippen molar-refractivity contribution in [1.82, 2.24) is 0 Å². The van der Waals surface area contributed by atoms with Gasteiger partial charge in [0.1, 0.15) is 5.38 Å². The Bertz CT molecular complexity index is 554. The van der Waals surface area contributed by atoms with Gasteiger partial charge < -0.3 is 0 Å². The van der Waals surface area contributed by atoms with Gasteiger partial charge in [-0.05, 0) is 17.7 Å². The molecule has 0 saturated heterocycles. The van der Waals surface area contributed by atoms with Crippen molar-refractivity contribution in [2.45, 2.75) is 10.8 Å². The first-order valence-corrected chi connectivity index (χ1v) is 7.39. The molecule has 4 heteroatoms. The monoisotopic (exact) mass is 356 g/mol. The fraction of sp³-hybridized carbons (Fsp3) is 0.133. The van der Waals surface area contributed by atoms with Crippen molar-refractivity contribution in [2.75, 3.05) is 0 Å². The van der Waals surface area contributed by atoms with Crippen LogP contribution in [0.4, 0.5) is 0 Å². The van der Waals surface area contributed by atoms with Crippen LogP contribution in [0.1, 0.15) is 21.3 Å². The lowest BCUT2D eigenvalue weighted by Crippen LogP contribution is -2.19. The Morgan fingerprint density at radius 2 is 1.53 bits per heavy atom. The van der Waals surface area contributed by atoms with Gasteiger partial charge in [0.25, 0.3) is 0 Å². The molecule has 0 aliphatic heterocycles. The Balaban J connectivity index is 2.17. The van der Waals surface area contributed by atoms with Crippen LogP contribution in [0.25, 0.3) is 0 Å². The summed E-state index contributed by atoms with van der Waals surface area (Å²) in [6.45, 7) is 0. The van der Waals surface area contributed by atoms with Crippen LogP contribution in [0.2, 0.25) is 0 Å². The molecule has 2 atom stereocenters. The Morgan fingerprint density at radius 3 is 2.11 bits per heavy atom. The van der Waals surface area contributed by atoms with E-state index in [-0.39, 0.29) is 5.78 Å². The second-order valence-electron chi connectivity index (χ2n) is 4.09. The highest BCUT2D eigenvalue weighted by atomic mass is 79.9. The van der Waals surface area contributed by atoms with E-state index in [2.05, 4.69) is 15.9 Å². The van der Waals surface area contributed by atoms with Crippen LogP contribution in [-0.4, -0.2) is 11.2 Å². The maximum Gasteiger partial charge on any atom is 0.182 e. The van der Waals surface area contributed by atoms with Gasteiger partial charge in [0.2, 0.25) is 0 Å². The number of carbonyl (C=O) groups is 1. The van der Waals surface area contributed by atoms with Gasteiger partial charge in [0, 0.05) is 10.0 Å². The largest absolute Gasteiger partial charge is 0.292 e. The molecule has 0 unspecified atom stereocenters. The molecular weight excluding hydrogens is 347 g/mol. The maximum atomic E-state index is 12.2. The van der Waals surface area contributed by atoms with E-state index in [0.29, 0.717) is 5.56 Å². The highest BCUT2D eigenvalue weighted by molar-refractivity contribution is 9.10. The van der Waals surface area contributed by atoms with E-state index in [1.807, 2.05) is 42.5 Å². The van der Waals surface area contributed by atoms with Crippen molar-refractivity contribution in [3.63, 3.8) is 0 Å². The first-order valence-electron chi connectivity index (χ1n) is 5.72. The van der Waals surface area contributed by atoms with Gasteiger partial charge in [-0.25, -0.2) is 0 Å². The van der Waals surface area contributed by atoms with Gasteiger partial charge in [0.05, 0.1) is 5.38 Å². The number of Topliss-reactive ketones (excluding diaryl/α,β-unsaturated/α-hetero) is 1. The molecule has 98 valence electrons. The van der Waals surface area contributed by atoms with Gasteiger partial charge in [-0.15, -0.1) is 23.2 Å². The van der Waals surface area contributed by atoms with E-state index in [9.17, 15) is 4.79 Å². The third-order valence-electron chi connectivity index (χ3n) is 2.75. The molecule has 0 radical (unpaired) electrons. The number of halogens is 3. The van der Waals surface area contributed by atoms with Crippen LogP contribution in [-0.2, 0) is 0 Å². The molecule has 2 aromatic carbocycles. The average Bonchev–Trinajstić information content (AvgIpc) is 2.46. The lowest BCUT2D eigenvalue weighted by atomic mass is 10.0. The van der Waals surface area contributed by atoms with E-state index in [1.54, 1.807) is 12.1 Å². The molecule has 1 nitrogen and oxygen atoms in total. The molecule has 0 aliphatic rings. The standard InChI is InChI=1S/C15H11BrCl2O/c16-12-8-6-11(7-9-12)15(19)14(18)13(17)10-4-2-1-3-5-10/h1-9,13-14H/t13-,14+/m0/s1. The van der Waals surface area contributed by atoms with Crippen LogP contribution in [0.3, 0.4) is 0 Å². The summed E-state index contributed by atoms with van der Waals surface area (Å²) in [5.41, 5.74) is 1.40. The molecule has 0 aromatic heterocycles. The number of rotatable bonds is 4. The van der Waals surface area contributed by atoms with E-state index in [0.717, 1.165) is 10.0 Å². The van der Waals surface area contributed by atoms with Gasteiger partial charge in [0.15, 0.2) is 5.78 Å². The molecule has 0 amide bonds. The van der Waals surface area contributed by atoms with E-state index >= 15 is 0 Å². The van der Waals surface area contributed by atoms with Crippen molar-refractivity contribution in [3.05, 3.63) is 70.2 Å². The molecule has 0 aliphatic carbocycles. The molecule has 2 rings (SSSR count). The minimum atomic E-state index is -0.787. The predicted molar refractivity (Wildman–Crippen MR) is 83.1 cm³/mol. The molecule has 0 heterocycles. The molecule has 0 fully saturated rings. The van der Waals surface area contributed by atoms with Crippen LogP contribution < -0.4 is 0 Å². The lowest BCUT2D eigenvalue weighted by molar-refractivity contribution is 0.0985. The molecule has 0 bridgehead atoms. The van der Waals surface area contributed by atoms with Gasteiger partial charge in [-0.1, -0.05) is 58.4 Å². The number of carbonyl (C=O) groups excluding carboxylic acids is 1. The van der Waals surface area contributed by atoms with E-state index < -0.39 is 10.8 Å². The quantitative estimate of drug-likeness (QED) is 0.541. The fourth-order valence-electron chi connectivity index (χ4n) is 1.71. The van der Waals surface area contributed by atoms with Crippen LogP contribution in [0, 0.1) is 0 Å². The molecule has 2 aromatic rings. The molecule has 0 spiro atoms. The SMILES string of the molecule is O=C(c1ccc(Br)cc1)[C@H](Cl)[C@@H](Cl)c1ccccc1. The summed E-state index contributed by atoms with van der Waals surface area (Å²) in [5, 5.41) is -1.33. The lowest BCUT2D eigenvalue weighted by Gasteiger charge is -2.15. The first kappa shape index (κ1) is 14.6. The second-order valence-corrected chi connectivity index (χ2v) is 5.94. The number of alkyl halides is 2. The normalized spacial score (nSPS) is 13.8. The summed E-state index contributed by atoms with van der Waals surface area (Å²) in [4.78, 5) is 12.2. The van der Waals surface area contributed by atoms with Crippen LogP contribution >= 0.6 is 39.1 Å². The summed E-state index contributed by atoms with van der Waals surface area (Å²) in [6, 6.07) is 16.4. The summed E-state index contributed by atoms with van der Waals surface area (Å²) >= 11 is 15.8. The van der Waals surface area contributed by atoms with Crippen molar-refractivity contribution in [1.29, 1.82) is 0 Å². The Hall–Kier alpha value is -0.830. The summed E-state index contributed by atoms with van der Waals surface area (Å²) < 4.78 is 0.917. The summed E-state index contributed by atoms with van der Waals surface area (Å²) in [7, 11) is 0. The number of benzene rings is 2. The predicted octanol–water partition coefficient (Wildman–Crippen LogP) is 5.22. The van der Waals surface area contributed by atoms with E-state index in [4.69, 9.17) is 23.2 Å². The Labute approximate surface area is 130 Å². The zero-order chi connectivity index (χ0) is 13.8. The van der Waals surface area contributed by atoms with E-state index in [1.165, 1.54) is 0 Å². The van der Waals surface area contributed by atoms with Gasteiger partial charge in [-0.2, -0.15) is 0 Å².